The molecule has 0 saturated carbocycles. The number of rotatable bonds is 7. The number of thioether (sulfide) groups is 1. The highest BCUT2D eigenvalue weighted by atomic mass is 35.5. The lowest BCUT2D eigenvalue weighted by Crippen LogP contribution is -2.39. The van der Waals surface area contributed by atoms with E-state index in [4.69, 9.17) is 17.4 Å². The minimum Gasteiger partial charge on any atom is -0.271 e. The third-order valence-electron chi connectivity index (χ3n) is 3.09. The largest absolute Gasteiger partial charge is 0.271 e. The zero-order valence-corrected chi connectivity index (χ0v) is 13.1. The molecule has 0 aliphatic carbocycles. The van der Waals surface area contributed by atoms with Gasteiger partial charge in [0.05, 0.1) is 16.4 Å². The van der Waals surface area contributed by atoms with Gasteiger partial charge in [-0.15, -0.1) is 0 Å². The van der Waals surface area contributed by atoms with Crippen molar-refractivity contribution in [1.29, 1.82) is 0 Å². The number of hydrogen-bond donors (Lipinski definition) is 2. The highest BCUT2D eigenvalue weighted by molar-refractivity contribution is 7.99. The van der Waals surface area contributed by atoms with Gasteiger partial charge in [0.15, 0.2) is 0 Å². The van der Waals surface area contributed by atoms with Crippen molar-refractivity contribution in [2.75, 3.05) is 5.75 Å². The molecule has 1 aromatic heterocycles. The summed E-state index contributed by atoms with van der Waals surface area (Å²) in [4.78, 5) is 0. The summed E-state index contributed by atoms with van der Waals surface area (Å²) in [5.74, 6) is 6.60. The average molecular weight is 291 g/mol. The second kappa shape index (κ2) is 7.38. The molecule has 1 heterocycles. The van der Waals surface area contributed by atoms with Gasteiger partial charge in [-0.05, 0) is 13.3 Å². The van der Waals surface area contributed by atoms with Crippen LogP contribution in [0.5, 0.6) is 0 Å². The second-order valence-corrected chi connectivity index (χ2v) is 6.44. The molecule has 1 aromatic rings. The van der Waals surface area contributed by atoms with Crippen LogP contribution in [0.3, 0.4) is 0 Å². The Kier molecular flexibility index (Phi) is 6.49. The molecule has 0 fully saturated rings. The fourth-order valence-corrected chi connectivity index (χ4v) is 2.95. The maximum atomic E-state index is 6.25. The zero-order valence-electron chi connectivity index (χ0n) is 11.5. The SMILES string of the molecule is CCC(C)SCC(Cc1c(Cl)c(C)nn1C)NN. The van der Waals surface area contributed by atoms with Gasteiger partial charge in [-0.3, -0.25) is 16.0 Å². The number of nitrogens with two attached hydrogens (primary N) is 1. The summed E-state index contributed by atoms with van der Waals surface area (Å²) in [5.41, 5.74) is 4.79. The van der Waals surface area contributed by atoms with Crippen LogP contribution in [0.4, 0.5) is 0 Å². The van der Waals surface area contributed by atoms with E-state index in [1.54, 1.807) is 0 Å². The molecular weight excluding hydrogens is 268 g/mol. The standard InChI is InChI=1S/C12H23ClN4S/c1-5-8(2)18-7-10(15-14)6-11-12(13)9(3)16-17(11)4/h8,10,15H,5-7,14H2,1-4H3. The number of hydrazine groups is 1. The fraction of sp³-hybridized carbons (Fsp3) is 0.750. The Bertz CT molecular complexity index is 380. The molecule has 0 aliphatic heterocycles. The number of nitrogens with one attached hydrogen (secondary N) is 1. The van der Waals surface area contributed by atoms with Crippen LogP contribution >= 0.6 is 23.4 Å². The van der Waals surface area contributed by atoms with Crippen molar-refractivity contribution >= 4 is 23.4 Å². The van der Waals surface area contributed by atoms with Gasteiger partial charge >= 0.3 is 0 Å². The first kappa shape index (κ1) is 15.8. The average Bonchev–Trinajstić information content (AvgIpc) is 2.59. The predicted molar refractivity (Wildman–Crippen MR) is 80.0 cm³/mol. The van der Waals surface area contributed by atoms with E-state index in [9.17, 15) is 0 Å². The fourth-order valence-electron chi connectivity index (χ4n) is 1.70. The molecule has 1 rings (SSSR count). The monoisotopic (exact) mass is 290 g/mol. The van der Waals surface area contributed by atoms with Gasteiger partial charge in [0.1, 0.15) is 0 Å². The molecule has 104 valence electrons. The van der Waals surface area contributed by atoms with Crippen molar-refractivity contribution in [3.05, 3.63) is 16.4 Å². The molecule has 0 aliphatic rings. The lowest BCUT2D eigenvalue weighted by Gasteiger charge is -2.18. The first-order valence-electron chi connectivity index (χ1n) is 6.25. The molecule has 0 amide bonds. The molecule has 0 spiro atoms. The van der Waals surface area contributed by atoms with Crippen LogP contribution in [0.2, 0.25) is 5.02 Å². The summed E-state index contributed by atoms with van der Waals surface area (Å²) >= 11 is 8.18. The first-order valence-corrected chi connectivity index (χ1v) is 7.67. The van der Waals surface area contributed by atoms with Gasteiger partial charge in [0.25, 0.3) is 0 Å². The van der Waals surface area contributed by atoms with Crippen LogP contribution in [0.15, 0.2) is 0 Å². The van der Waals surface area contributed by atoms with Gasteiger partial charge in [0.2, 0.25) is 0 Å². The summed E-state index contributed by atoms with van der Waals surface area (Å²) in [6.07, 6.45) is 1.98. The number of aryl methyl sites for hydroxylation is 2. The van der Waals surface area contributed by atoms with Crippen LogP contribution < -0.4 is 11.3 Å². The lowest BCUT2D eigenvalue weighted by atomic mass is 10.2. The number of hydrogen-bond acceptors (Lipinski definition) is 4. The molecular formula is C12H23ClN4S. The van der Waals surface area contributed by atoms with Gasteiger partial charge in [-0.25, -0.2) is 0 Å². The van der Waals surface area contributed by atoms with Crippen LogP contribution in [-0.2, 0) is 13.5 Å². The Labute approximate surface area is 119 Å². The lowest BCUT2D eigenvalue weighted by molar-refractivity contribution is 0.550. The highest BCUT2D eigenvalue weighted by Gasteiger charge is 2.17. The molecule has 0 saturated heterocycles. The Morgan fingerprint density at radius 1 is 1.56 bits per heavy atom. The van der Waals surface area contributed by atoms with E-state index in [0.29, 0.717) is 5.25 Å². The number of halogens is 1. The summed E-state index contributed by atoms with van der Waals surface area (Å²) in [7, 11) is 1.92. The molecule has 0 radical (unpaired) electrons. The van der Waals surface area contributed by atoms with E-state index in [0.717, 1.165) is 28.6 Å². The van der Waals surface area contributed by atoms with Crippen molar-refractivity contribution in [3.63, 3.8) is 0 Å². The first-order chi connectivity index (χ1) is 8.49. The van der Waals surface area contributed by atoms with Gasteiger partial charge in [-0.2, -0.15) is 16.9 Å². The van der Waals surface area contributed by atoms with E-state index >= 15 is 0 Å². The topological polar surface area (TPSA) is 55.9 Å². The van der Waals surface area contributed by atoms with Crippen molar-refractivity contribution in [2.45, 2.75) is 44.9 Å². The van der Waals surface area contributed by atoms with Crippen LogP contribution in [0, 0.1) is 6.92 Å². The molecule has 2 unspecified atom stereocenters. The summed E-state index contributed by atoms with van der Waals surface area (Å²) in [6.45, 7) is 6.36. The molecule has 6 heteroatoms. The van der Waals surface area contributed by atoms with E-state index < -0.39 is 0 Å². The van der Waals surface area contributed by atoms with Crippen LogP contribution in [0.1, 0.15) is 31.7 Å². The number of aromatic nitrogens is 2. The Balaban J connectivity index is 2.62. The molecule has 0 aromatic carbocycles. The Morgan fingerprint density at radius 3 is 2.67 bits per heavy atom. The third kappa shape index (κ3) is 4.16. The van der Waals surface area contributed by atoms with Gasteiger partial charge in [-0.1, -0.05) is 25.4 Å². The van der Waals surface area contributed by atoms with E-state index in [1.807, 2.05) is 30.4 Å². The second-order valence-electron chi connectivity index (χ2n) is 4.59. The maximum absolute atomic E-state index is 6.25. The Morgan fingerprint density at radius 2 is 2.22 bits per heavy atom. The quantitative estimate of drug-likeness (QED) is 0.598. The maximum Gasteiger partial charge on any atom is 0.0847 e. The molecule has 0 bridgehead atoms. The van der Waals surface area contributed by atoms with E-state index in [2.05, 4.69) is 24.4 Å². The molecule has 18 heavy (non-hydrogen) atoms. The normalized spacial score (nSPS) is 14.8. The third-order valence-corrected chi connectivity index (χ3v) is 5.08. The Hall–Kier alpha value is -0.230. The highest BCUT2D eigenvalue weighted by Crippen LogP contribution is 2.22. The van der Waals surface area contributed by atoms with Gasteiger partial charge < -0.3 is 0 Å². The molecule has 4 nitrogen and oxygen atoms in total. The molecule has 3 N–H and O–H groups in total. The predicted octanol–water partition coefficient (Wildman–Crippen LogP) is 2.29. The van der Waals surface area contributed by atoms with Crippen molar-refractivity contribution in [2.24, 2.45) is 12.9 Å². The molecule has 2 atom stereocenters. The van der Waals surface area contributed by atoms with E-state index in [1.165, 1.54) is 6.42 Å². The van der Waals surface area contributed by atoms with Crippen molar-refractivity contribution in [3.8, 4) is 0 Å². The minimum atomic E-state index is 0.219. The van der Waals surface area contributed by atoms with Crippen LogP contribution in [0.25, 0.3) is 0 Å². The van der Waals surface area contributed by atoms with E-state index in [-0.39, 0.29) is 6.04 Å². The number of nitrogens with zero attached hydrogens (tertiary/aromatic N) is 2. The van der Waals surface area contributed by atoms with Crippen LogP contribution in [-0.4, -0.2) is 26.8 Å². The van der Waals surface area contributed by atoms with Crippen molar-refractivity contribution in [1.82, 2.24) is 15.2 Å². The smallest absolute Gasteiger partial charge is 0.0847 e. The summed E-state index contributed by atoms with van der Waals surface area (Å²) in [5, 5.41) is 5.73. The summed E-state index contributed by atoms with van der Waals surface area (Å²) in [6, 6.07) is 0.219. The zero-order chi connectivity index (χ0) is 13.7. The summed E-state index contributed by atoms with van der Waals surface area (Å²) < 4.78 is 1.84. The van der Waals surface area contributed by atoms with Gasteiger partial charge in [0, 0.05) is 30.5 Å². The minimum absolute atomic E-state index is 0.219. The van der Waals surface area contributed by atoms with Crippen molar-refractivity contribution < 1.29 is 0 Å².